The first kappa shape index (κ1) is 21.4. The van der Waals surface area contributed by atoms with Gasteiger partial charge < -0.3 is 10.8 Å². The fourth-order valence-corrected chi connectivity index (χ4v) is 4.57. The number of hydrogen-bond donors (Lipinski definition) is 2. The predicted molar refractivity (Wildman–Crippen MR) is 94.9 cm³/mol. The SMILES string of the molecule is C.CC.CC1(C)CCCC[C@@H]1C(N)(C(=O)O)C1CCCCC1. The van der Waals surface area contributed by atoms with Gasteiger partial charge in [-0.2, -0.15) is 0 Å². The minimum atomic E-state index is -1.01. The van der Waals surface area contributed by atoms with Gasteiger partial charge in [-0.25, -0.2) is 0 Å². The van der Waals surface area contributed by atoms with Gasteiger partial charge in [0.25, 0.3) is 0 Å². The second-order valence-corrected chi connectivity index (χ2v) is 7.36. The second kappa shape index (κ2) is 8.90. The quantitative estimate of drug-likeness (QED) is 0.750. The maximum Gasteiger partial charge on any atom is 0.324 e. The Labute approximate surface area is 138 Å². The summed E-state index contributed by atoms with van der Waals surface area (Å²) in [6, 6.07) is 0. The van der Waals surface area contributed by atoms with E-state index in [0.29, 0.717) is 0 Å². The largest absolute Gasteiger partial charge is 0.480 e. The standard InChI is InChI=1S/C16H29NO2.C2H6.CH4/c1-15(2)11-7-6-10-13(15)16(17,14(18)19)12-8-4-3-5-9-12;1-2;/h12-13H,3-11,17H2,1-2H3,(H,18,19);1-2H3;1H4/t13-,16?;;/m0../s1. The van der Waals surface area contributed by atoms with Crippen LogP contribution in [0.3, 0.4) is 0 Å². The zero-order chi connectivity index (χ0) is 16.1. The van der Waals surface area contributed by atoms with Gasteiger partial charge in [-0.1, -0.05) is 67.2 Å². The van der Waals surface area contributed by atoms with Crippen molar-refractivity contribution < 1.29 is 9.90 Å². The summed E-state index contributed by atoms with van der Waals surface area (Å²) in [6.07, 6.45) is 9.94. The van der Waals surface area contributed by atoms with E-state index in [2.05, 4.69) is 13.8 Å². The molecule has 2 atom stereocenters. The predicted octanol–water partition coefficient (Wildman–Crippen LogP) is 5.23. The molecule has 1 unspecified atom stereocenters. The van der Waals surface area contributed by atoms with Crippen LogP contribution in [-0.2, 0) is 4.79 Å². The minimum absolute atomic E-state index is 0. The molecule has 0 bridgehead atoms. The van der Waals surface area contributed by atoms with Crippen LogP contribution in [0.5, 0.6) is 0 Å². The number of nitrogens with two attached hydrogens (primary N) is 1. The molecule has 0 aliphatic heterocycles. The third-order valence-electron chi connectivity index (χ3n) is 5.73. The van der Waals surface area contributed by atoms with Crippen molar-refractivity contribution in [3.8, 4) is 0 Å². The summed E-state index contributed by atoms with van der Waals surface area (Å²) < 4.78 is 0. The summed E-state index contributed by atoms with van der Waals surface area (Å²) in [6.45, 7) is 8.43. The lowest BCUT2D eigenvalue weighted by Gasteiger charge is -2.50. The number of hydrogen-bond acceptors (Lipinski definition) is 2. The molecule has 0 amide bonds. The Morgan fingerprint density at radius 3 is 2.00 bits per heavy atom. The van der Waals surface area contributed by atoms with Crippen molar-refractivity contribution in [2.24, 2.45) is 23.0 Å². The minimum Gasteiger partial charge on any atom is -0.480 e. The van der Waals surface area contributed by atoms with E-state index >= 15 is 0 Å². The zero-order valence-electron chi connectivity index (χ0n) is 14.5. The van der Waals surface area contributed by atoms with Gasteiger partial charge >= 0.3 is 5.97 Å². The molecule has 2 rings (SSSR count). The molecule has 0 aromatic heterocycles. The molecule has 2 aliphatic carbocycles. The van der Waals surface area contributed by atoms with Gasteiger partial charge in [0.1, 0.15) is 5.54 Å². The molecular weight excluding hydrogens is 274 g/mol. The first-order chi connectivity index (χ1) is 9.89. The molecule has 0 heterocycles. The van der Waals surface area contributed by atoms with E-state index in [0.717, 1.165) is 44.9 Å². The highest BCUT2D eigenvalue weighted by atomic mass is 16.4. The maximum atomic E-state index is 12.0. The van der Waals surface area contributed by atoms with E-state index in [-0.39, 0.29) is 24.7 Å². The van der Waals surface area contributed by atoms with Crippen molar-refractivity contribution in [1.82, 2.24) is 0 Å². The molecule has 3 nitrogen and oxygen atoms in total. The van der Waals surface area contributed by atoms with Crippen LogP contribution in [0.1, 0.15) is 92.9 Å². The van der Waals surface area contributed by atoms with Gasteiger partial charge in [-0.3, -0.25) is 4.79 Å². The normalized spacial score (nSPS) is 27.6. The van der Waals surface area contributed by atoms with Crippen LogP contribution in [0.25, 0.3) is 0 Å². The Morgan fingerprint density at radius 1 is 1.05 bits per heavy atom. The average Bonchev–Trinajstić information content (AvgIpc) is 2.49. The van der Waals surface area contributed by atoms with Gasteiger partial charge in [0.05, 0.1) is 0 Å². The van der Waals surface area contributed by atoms with Crippen LogP contribution >= 0.6 is 0 Å². The Balaban J connectivity index is 0.00000141. The van der Waals surface area contributed by atoms with Crippen LogP contribution in [0.2, 0.25) is 0 Å². The summed E-state index contributed by atoms with van der Waals surface area (Å²) in [7, 11) is 0. The molecule has 2 fully saturated rings. The van der Waals surface area contributed by atoms with Crippen LogP contribution in [0.4, 0.5) is 0 Å². The van der Waals surface area contributed by atoms with Crippen molar-refractivity contribution in [2.75, 3.05) is 0 Å². The Hall–Kier alpha value is -0.570. The van der Waals surface area contributed by atoms with Gasteiger partial charge in [-0.05, 0) is 42.9 Å². The van der Waals surface area contributed by atoms with E-state index in [4.69, 9.17) is 5.73 Å². The first-order valence-corrected chi connectivity index (χ1v) is 8.91. The topological polar surface area (TPSA) is 63.3 Å². The smallest absolute Gasteiger partial charge is 0.324 e. The van der Waals surface area contributed by atoms with Crippen LogP contribution in [0, 0.1) is 17.3 Å². The van der Waals surface area contributed by atoms with E-state index in [1.54, 1.807) is 0 Å². The Bertz CT molecular complexity index is 334. The summed E-state index contributed by atoms with van der Waals surface area (Å²) in [5.74, 6) is -0.477. The molecule has 0 aromatic rings. The molecule has 2 aliphatic rings. The summed E-state index contributed by atoms with van der Waals surface area (Å²) in [5.41, 5.74) is 5.62. The lowest BCUT2D eigenvalue weighted by molar-refractivity contribution is -0.153. The van der Waals surface area contributed by atoms with E-state index in [9.17, 15) is 9.90 Å². The van der Waals surface area contributed by atoms with Crippen molar-refractivity contribution in [1.29, 1.82) is 0 Å². The fraction of sp³-hybridized carbons (Fsp3) is 0.947. The molecule has 2 saturated carbocycles. The molecule has 3 heteroatoms. The molecule has 0 saturated heterocycles. The number of rotatable bonds is 3. The van der Waals surface area contributed by atoms with Crippen molar-refractivity contribution >= 4 is 5.97 Å². The number of carbonyl (C=O) groups is 1. The lowest BCUT2D eigenvalue weighted by atomic mass is 9.56. The van der Waals surface area contributed by atoms with Crippen LogP contribution < -0.4 is 5.73 Å². The molecule has 0 spiro atoms. The third kappa shape index (κ3) is 4.24. The van der Waals surface area contributed by atoms with E-state index in [1.165, 1.54) is 12.8 Å². The van der Waals surface area contributed by atoms with E-state index in [1.807, 2.05) is 13.8 Å². The molecule has 3 N–H and O–H groups in total. The number of carboxylic acids is 1. The zero-order valence-corrected chi connectivity index (χ0v) is 14.5. The van der Waals surface area contributed by atoms with Gasteiger partial charge in [-0.15, -0.1) is 0 Å². The van der Waals surface area contributed by atoms with Crippen LogP contribution in [-0.4, -0.2) is 16.6 Å². The van der Waals surface area contributed by atoms with Crippen molar-refractivity contribution in [3.63, 3.8) is 0 Å². The molecule has 0 radical (unpaired) electrons. The van der Waals surface area contributed by atoms with Crippen molar-refractivity contribution in [3.05, 3.63) is 0 Å². The summed E-state index contributed by atoms with van der Waals surface area (Å²) in [4.78, 5) is 12.0. The molecule has 0 aromatic carbocycles. The highest BCUT2D eigenvalue weighted by Gasteiger charge is 2.54. The first-order valence-electron chi connectivity index (χ1n) is 8.91. The summed E-state index contributed by atoms with van der Waals surface area (Å²) >= 11 is 0. The van der Waals surface area contributed by atoms with Crippen LogP contribution in [0.15, 0.2) is 0 Å². The molecule has 22 heavy (non-hydrogen) atoms. The number of carboxylic acid groups (broad SMARTS) is 1. The monoisotopic (exact) mass is 313 g/mol. The van der Waals surface area contributed by atoms with E-state index < -0.39 is 11.5 Å². The molecule has 132 valence electrons. The van der Waals surface area contributed by atoms with Gasteiger partial charge in [0, 0.05) is 0 Å². The highest BCUT2D eigenvalue weighted by Crippen LogP contribution is 2.49. The fourth-order valence-electron chi connectivity index (χ4n) is 4.57. The lowest BCUT2D eigenvalue weighted by Crippen LogP contribution is -2.63. The molecular formula is C19H39NO2. The maximum absolute atomic E-state index is 12.0. The highest BCUT2D eigenvalue weighted by molar-refractivity contribution is 5.79. The van der Waals surface area contributed by atoms with Gasteiger partial charge in [0.2, 0.25) is 0 Å². The average molecular weight is 314 g/mol. The Kier molecular flexibility index (Phi) is 8.67. The third-order valence-corrected chi connectivity index (χ3v) is 5.73. The van der Waals surface area contributed by atoms with Crippen molar-refractivity contribution in [2.45, 2.75) is 98.4 Å². The summed E-state index contributed by atoms with van der Waals surface area (Å²) in [5, 5.41) is 9.84. The Morgan fingerprint density at radius 2 is 1.55 bits per heavy atom. The second-order valence-electron chi connectivity index (χ2n) is 7.36. The number of aliphatic carboxylic acids is 1. The van der Waals surface area contributed by atoms with Gasteiger partial charge in [0.15, 0.2) is 0 Å².